The van der Waals surface area contributed by atoms with Gasteiger partial charge in [-0.3, -0.25) is 0 Å². The molecule has 1 saturated heterocycles. The van der Waals surface area contributed by atoms with Crippen LogP contribution in [-0.2, 0) is 0 Å². The number of hydrogen-bond donors (Lipinski definition) is 2. The highest BCUT2D eigenvalue weighted by Gasteiger charge is 2.23. The van der Waals surface area contributed by atoms with Gasteiger partial charge in [-0.1, -0.05) is 30.3 Å². The number of hydrogen-bond acceptors (Lipinski definition) is 5. The fourth-order valence-electron chi connectivity index (χ4n) is 4.41. The first-order chi connectivity index (χ1) is 15.5. The van der Waals surface area contributed by atoms with Crippen molar-refractivity contribution in [3.05, 3.63) is 72.4 Å². The van der Waals surface area contributed by atoms with Gasteiger partial charge in [0.2, 0.25) is 5.95 Å². The molecule has 0 aliphatic carbocycles. The molecule has 1 aliphatic heterocycles. The molecule has 164 valence electrons. The summed E-state index contributed by atoms with van der Waals surface area (Å²) in [6.45, 7) is 8.28. The van der Waals surface area contributed by atoms with E-state index in [0.717, 1.165) is 52.6 Å². The molecule has 5 rings (SSSR count). The van der Waals surface area contributed by atoms with Crippen LogP contribution in [0.1, 0.15) is 32.4 Å². The maximum atomic E-state index is 6.11. The fraction of sp³-hybridized carbons (Fsp3) is 0.308. The lowest BCUT2D eigenvalue weighted by Gasteiger charge is -2.36. The smallest absolute Gasteiger partial charge is 0.227 e. The van der Waals surface area contributed by atoms with Gasteiger partial charge in [0.25, 0.3) is 0 Å². The summed E-state index contributed by atoms with van der Waals surface area (Å²) in [5, 5.41) is 4.56. The summed E-state index contributed by atoms with van der Waals surface area (Å²) in [6.07, 6.45) is 1.91. The van der Waals surface area contributed by atoms with Gasteiger partial charge in [0.15, 0.2) is 0 Å². The molecule has 0 radical (unpaired) electrons. The molecular formula is C26H29N5O. The Labute approximate surface area is 188 Å². The molecule has 2 unspecified atom stereocenters. The second-order valence-corrected chi connectivity index (χ2v) is 8.73. The average Bonchev–Trinajstić information content (AvgIpc) is 3.23. The number of H-pyrrole nitrogens is 1. The molecule has 2 N–H and O–H groups in total. The van der Waals surface area contributed by atoms with Gasteiger partial charge in [0.1, 0.15) is 17.5 Å². The predicted octanol–water partition coefficient (Wildman–Crippen LogP) is 4.95. The number of nitrogens with zero attached hydrogens (tertiary/aromatic N) is 3. The molecule has 4 aromatic rings. The second kappa shape index (κ2) is 8.63. The summed E-state index contributed by atoms with van der Waals surface area (Å²) in [4.78, 5) is 15.2. The fourth-order valence-corrected chi connectivity index (χ4v) is 4.41. The zero-order valence-corrected chi connectivity index (χ0v) is 18.7. The molecular weight excluding hydrogens is 398 g/mol. The van der Waals surface area contributed by atoms with Crippen molar-refractivity contribution in [3.8, 4) is 17.0 Å². The summed E-state index contributed by atoms with van der Waals surface area (Å²) in [6, 6.07) is 21.4. The van der Waals surface area contributed by atoms with E-state index in [4.69, 9.17) is 9.72 Å². The van der Waals surface area contributed by atoms with Gasteiger partial charge in [-0.15, -0.1) is 0 Å². The highest BCUT2D eigenvalue weighted by Crippen LogP contribution is 2.28. The van der Waals surface area contributed by atoms with Gasteiger partial charge in [-0.25, -0.2) is 4.98 Å². The quantitative estimate of drug-likeness (QED) is 0.472. The predicted molar refractivity (Wildman–Crippen MR) is 129 cm³/mol. The van der Waals surface area contributed by atoms with E-state index in [9.17, 15) is 0 Å². The van der Waals surface area contributed by atoms with Crippen LogP contribution in [0.3, 0.4) is 0 Å². The lowest BCUT2D eigenvalue weighted by molar-refractivity contribution is 0.227. The number of piperazine rings is 1. The Hall–Kier alpha value is -3.38. The van der Waals surface area contributed by atoms with Crippen molar-refractivity contribution in [2.75, 3.05) is 18.0 Å². The zero-order valence-electron chi connectivity index (χ0n) is 18.7. The van der Waals surface area contributed by atoms with Crippen LogP contribution in [0.15, 0.2) is 66.9 Å². The Bertz CT molecular complexity index is 1180. The number of benzene rings is 2. The van der Waals surface area contributed by atoms with Gasteiger partial charge >= 0.3 is 0 Å². The van der Waals surface area contributed by atoms with Crippen molar-refractivity contribution >= 4 is 17.0 Å². The lowest BCUT2D eigenvalue weighted by atomic mass is 10.1. The van der Waals surface area contributed by atoms with Gasteiger partial charge in [0, 0.05) is 42.5 Å². The van der Waals surface area contributed by atoms with Crippen LogP contribution >= 0.6 is 0 Å². The summed E-state index contributed by atoms with van der Waals surface area (Å²) in [5.41, 5.74) is 4.14. The Morgan fingerprint density at radius 3 is 2.44 bits per heavy atom. The van der Waals surface area contributed by atoms with Crippen LogP contribution in [0.2, 0.25) is 0 Å². The van der Waals surface area contributed by atoms with Gasteiger partial charge in [-0.2, -0.15) is 4.98 Å². The minimum absolute atomic E-state index is 0.000699. The Morgan fingerprint density at radius 2 is 1.72 bits per heavy atom. The van der Waals surface area contributed by atoms with Gasteiger partial charge in [-0.05, 0) is 62.2 Å². The normalized spacial score (nSPS) is 19.8. The van der Waals surface area contributed by atoms with E-state index in [1.165, 1.54) is 0 Å². The van der Waals surface area contributed by atoms with Crippen molar-refractivity contribution in [3.63, 3.8) is 0 Å². The summed E-state index contributed by atoms with van der Waals surface area (Å²) in [7, 11) is 0. The maximum Gasteiger partial charge on any atom is 0.227 e. The molecule has 3 atom stereocenters. The molecule has 1 aliphatic rings. The highest BCUT2D eigenvalue weighted by molar-refractivity contribution is 5.83. The zero-order chi connectivity index (χ0) is 22.1. The number of ether oxygens (including phenoxy) is 1. The third kappa shape index (κ3) is 4.32. The summed E-state index contributed by atoms with van der Waals surface area (Å²) < 4.78 is 6.11. The molecule has 0 spiro atoms. The summed E-state index contributed by atoms with van der Waals surface area (Å²) >= 11 is 0. The second-order valence-electron chi connectivity index (χ2n) is 8.73. The van der Waals surface area contributed by atoms with E-state index in [1.807, 2.05) is 36.5 Å². The van der Waals surface area contributed by atoms with E-state index in [0.29, 0.717) is 12.1 Å². The van der Waals surface area contributed by atoms with Crippen molar-refractivity contribution in [1.82, 2.24) is 20.3 Å². The number of anilines is 1. The first-order valence-corrected chi connectivity index (χ1v) is 11.2. The van der Waals surface area contributed by atoms with E-state index in [-0.39, 0.29) is 6.10 Å². The average molecular weight is 428 g/mol. The molecule has 0 saturated carbocycles. The van der Waals surface area contributed by atoms with E-state index in [1.54, 1.807) is 0 Å². The van der Waals surface area contributed by atoms with Crippen molar-refractivity contribution in [2.45, 2.75) is 39.0 Å². The van der Waals surface area contributed by atoms with Crippen molar-refractivity contribution in [2.24, 2.45) is 0 Å². The molecule has 1 fully saturated rings. The Balaban J connectivity index is 1.33. The van der Waals surface area contributed by atoms with Crippen molar-refractivity contribution < 1.29 is 4.74 Å². The van der Waals surface area contributed by atoms with Crippen LogP contribution in [0.5, 0.6) is 5.75 Å². The minimum atomic E-state index is -0.000699. The lowest BCUT2D eigenvalue weighted by Crippen LogP contribution is -2.54. The standard InChI is InChI=1S/C26H29N5O/c1-17-15-31(16-18(2)28-17)26-27-14-22-13-24(29-25(22)30-26)21-9-11-23(12-10-21)32-19(3)20-7-5-4-6-8-20/h4-14,17-19,28H,15-16H2,1-3H3,(H,27,29,30)/t17?,18?,19-/m0/s1. The molecule has 32 heavy (non-hydrogen) atoms. The van der Waals surface area contributed by atoms with Crippen LogP contribution in [0.4, 0.5) is 5.95 Å². The molecule has 0 bridgehead atoms. The Morgan fingerprint density at radius 1 is 1.00 bits per heavy atom. The third-order valence-corrected chi connectivity index (χ3v) is 5.94. The van der Waals surface area contributed by atoms with Gasteiger partial charge in [0.05, 0.1) is 0 Å². The van der Waals surface area contributed by atoms with Crippen LogP contribution in [0.25, 0.3) is 22.3 Å². The summed E-state index contributed by atoms with van der Waals surface area (Å²) in [5.74, 6) is 1.63. The van der Waals surface area contributed by atoms with E-state index in [2.05, 4.69) is 71.3 Å². The number of aromatic amines is 1. The van der Waals surface area contributed by atoms with Crippen LogP contribution in [0, 0.1) is 0 Å². The number of fused-ring (bicyclic) bond motifs is 1. The third-order valence-electron chi connectivity index (χ3n) is 5.94. The molecule has 0 amide bonds. The largest absolute Gasteiger partial charge is 0.486 e. The number of rotatable bonds is 5. The molecule has 6 heteroatoms. The minimum Gasteiger partial charge on any atom is -0.486 e. The number of aromatic nitrogens is 3. The Kier molecular flexibility index (Phi) is 5.53. The van der Waals surface area contributed by atoms with Crippen LogP contribution < -0.4 is 15.0 Å². The van der Waals surface area contributed by atoms with Gasteiger partial charge < -0.3 is 19.9 Å². The highest BCUT2D eigenvalue weighted by atomic mass is 16.5. The van der Waals surface area contributed by atoms with Crippen LogP contribution in [-0.4, -0.2) is 40.1 Å². The van der Waals surface area contributed by atoms with E-state index >= 15 is 0 Å². The maximum absolute atomic E-state index is 6.11. The van der Waals surface area contributed by atoms with Crippen molar-refractivity contribution in [1.29, 1.82) is 0 Å². The topological polar surface area (TPSA) is 66.1 Å². The molecule has 2 aromatic carbocycles. The first kappa shape index (κ1) is 20.5. The molecule has 3 heterocycles. The van der Waals surface area contributed by atoms with E-state index < -0.39 is 0 Å². The number of nitrogens with one attached hydrogen (secondary N) is 2. The molecule has 6 nitrogen and oxygen atoms in total. The monoisotopic (exact) mass is 427 g/mol. The first-order valence-electron chi connectivity index (χ1n) is 11.2. The molecule has 2 aromatic heterocycles. The SMILES string of the molecule is CC1CN(c2ncc3cc(-c4ccc(O[C@@H](C)c5ccccc5)cc4)[nH]c3n2)CC(C)N1.